The lowest BCUT2D eigenvalue weighted by atomic mass is 9.88. The Morgan fingerprint density at radius 2 is 2.15 bits per heavy atom. The van der Waals surface area contributed by atoms with Gasteiger partial charge in [-0.3, -0.25) is 5.10 Å². The van der Waals surface area contributed by atoms with Crippen molar-refractivity contribution in [2.75, 3.05) is 0 Å². The van der Waals surface area contributed by atoms with Crippen molar-refractivity contribution in [3.8, 4) is 0 Å². The van der Waals surface area contributed by atoms with E-state index < -0.39 is 0 Å². The highest BCUT2D eigenvalue weighted by Crippen LogP contribution is 2.23. The summed E-state index contributed by atoms with van der Waals surface area (Å²) in [7, 11) is 0. The SMILES string of the molecule is C[C@H](N)Cc1cn[nH]c1C(C)(C)C. The van der Waals surface area contributed by atoms with E-state index >= 15 is 0 Å². The third-order valence-electron chi connectivity index (χ3n) is 2.01. The Hall–Kier alpha value is -0.830. The third-order valence-corrected chi connectivity index (χ3v) is 2.01. The highest BCUT2D eigenvalue weighted by atomic mass is 15.1. The van der Waals surface area contributed by atoms with Gasteiger partial charge in [0.05, 0.1) is 6.20 Å². The second-order valence-electron chi connectivity index (χ2n) is 4.70. The van der Waals surface area contributed by atoms with Crippen LogP contribution in [0.15, 0.2) is 6.20 Å². The Morgan fingerprint density at radius 1 is 1.54 bits per heavy atom. The number of H-pyrrole nitrogens is 1. The summed E-state index contributed by atoms with van der Waals surface area (Å²) >= 11 is 0. The molecule has 0 saturated carbocycles. The number of nitrogens with two attached hydrogens (primary N) is 1. The molecule has 0 radical (unpaired) electrons. The van der Waals surface area contributed by atoms with E-state index in [-0.39, 0.29) is 11.5 Å². The minimum absolute atomic E-state index is 0.126. The van der Waals surface area contributed by atoms with Crippen molar-refractivity contribution >= 4 is 0 Å². The molecular weight excluding hydrogens is 162 g/mol. The zero-order valence-electron chi connectivity index (χ0n) is 8.89. The third kappa shape index (κ3) is 2.56. The van der Waals surface area contributed by atoms with Gasteiger partial charge in [0.2, 0.25) is 0 Å². The van der Waals surface area contributed by atoms with E-state index in [2.05, 4.69) is 31.0 Å². The molecule has 1 aromatic rings. The molecule has 13 heavy (non-hydrogen) atoms. The Kier molecular flexibility index (Phi) is 2.76. The summed E-state index contributed by atoms with van der Waals surface area (Å²) in [5, 5.41) is 7.11. The molecule has 0 bridgehead atoms. The molecule has 0 fully saturated rings. The number of nitrogens with zero attached hydrogens (tertiary/aromatic N) is 1. The van der Waals surface area contributed by atoms with Crippen LogP contribution in [-0.4, -0.2) is 16.2 Å². The molecule has 0 aromatic carbocycles. The smallest absolute Gasteiger partial charge is 0.0522 e. The lowest BCUT2D eigenvalue weighted by molar-refractivity contribution is 0.556. The molecule has 74 valence electrons. The molecule has 0 aliphatic rings. The molecule has 0 unspecified atom stereocenters. The predicted octanol–water partition coefficient (Wildman–Crippen LogP) is 1.60. The monoisotopic (exact) mass is 181 g/mol. The van der Waals surface area contributed by atoms with Crippen molar-refractivity contribution in [3.63, 3.8) is 0 Å². The number of aromatic amines is 1. The Bertz CT molecular complexity index is 268. The molecule has 1 aromatic heterocycles. The van der Waals surface area contributed by atoms with Crippen molar-refractivity contribution in [1.29, 1.82) is 0 Å². The Balaban J connectivity index is 2.90. The fourth-order valence-electron chi connectivity index (χ4n) is 1.46. The normalized spacial score (nSPS) is 14.5. The number of hydrogen-bond acceptors (Lipinski definition) is 2. The van der Waals surface area contributed by atoms with Crippen LogP contribution in [0.3, 0.4) is 0 Å². The summed E-state index contributed by atoms with van der Waals surface area (Å²) in [6.45, 7) is 8.53. The first-order chi connectivity index (χ1) is 5.91. The molecule has 1 rings (SSSR count). The molecule has 3 nitrogen and oxygen atoms in total. The lowest BCUT2D eigenvalue weighted by Crippen LogP contribution is -2.21. The molecule has 0 amide bonds. The van der Waals surface area contributed by atoms with Gasteiger partial charge in [0.1, 0.15) is 0 Å². The number of nitrogens with one attached hydrogen (secondary N) is 1. The highest BCUT2D eigenvalue weighted by Gasteiger charge is 2.20. The van der Waals surface area contributed by atoms with Gasteiger partial charge in [-0.15, -0.1) is 0 Å². The van der Waals surface area contributed by atoms with Crippen LogP contribution >= 0.6 is 0 Å². The standard InChI is InChI=1S/C10H19N3/c1-7(11)5-8-6-12-13-9(8)10(2,3)4/h6-7H,5,11H2,1-4H3,(H,12,13)/t7-/m0/s1. The molecule has 1 heterocycles. The molecule has 3 N–H and O–H groups in total. The molecule has 0 aliphatic carbocycles. The van der Waals surface area contributed by atoms with Crippen molar-refractivity contribution < 1.29 is 0 Å². The van der Waals surface area contributed by atoms with Gasteiger partial charge >= 0.3 is 0 Å². The van der Waals surface area contributed by atoms with Gasteiger partial charge in [0, 0.05) is 17.2 Å². The van der Waals surface area contributed by atoms with E-state index in [4.69, 9.17) is 5.73 Å². The minimum atomic E-state index is 0.126. The van der Waals surface area contributed by atoms with Crippen LogP contribution in [0.4, 0.5) is 0 Å². The first kappa shape index (κ1) is 10.3. The quantitative estimate of drug-likeness (QED) is 0.728. The minimum Gasteiger partial charge on any atom is -0.328 e. The molecule has 0 spiro atoms. The van der Waals surface area contributed by atoms with E-state index in [1.54, 1.807) is 0 Å². The summed E-state index contributed by atoms with van der Waals surface area (Å²) in [4.78, 5) is 0. The van der Waals surface area contributed by atoms with E-state index in [9.17, 15) is 0 Å². The summed E-state index contributed by atoms with van der Waals surface area (Å²) < 4.78 is 0. The fourth-order valence-corrected chi connectivity index (χ4v) is 1.46. The fraction of sp³-hybridized carbons (Fsp3) is 0.700. The van der Waals surface area contributed by atoms with Gasteiger partial charge < -0.3 is 5.73 Å². The van der Waals surface area contributed by atoms with Gasteiger partial charge in [-0.1, -0.05) is 20.8 Å². The van der Waals surface area contributed by atoms with Crippen molar-refractivity contribution in [2.45, 2.75) is 45.6 Å². The Labute approximate surface area is 79.7 Å². The van der Waals surface area contributed by atoms with E-state index in [0.29, 0.717) is 0 Å². The topological polar surface area (TPSA) is 54.7 Å². The summed E-state index contributed by atoms with van der Waals surface area (Å²) in [5.74, 6) is 0. The van der Waals surface area contributed by atoms with E-state index in [1.807, 2.05) is 13.1 Å². The van der Waals surface area contributed by atoms with Crippen LogP contribution in [0.1, 0.15) is 39.0 Å². The first-order valence-electron chi connectivity index (χ1n) is 4.69. The summed E-state index contributed by atoms with van der Waals surface area (Å²) in [6.07, 6.45) is 2.77. The van der Waals surface area contributed by atoms with E-state index in [0.717, 1.165) is 6.42 Å². The number of hydrogen-bond donors (Lipinski definition) is 2. The maximum atomic E-state index is 5.75. The van der Waals surface area contributed by atoms with Crippen LogP contribution in [0.2, 0.25) is 0 Å². The van der Waals surface area contributed by atoms with Gasteiger partial charge in [-0.25, -0.2) is 0 Å². The maximum absolute atomic E-state index is 5.75. The number of rotatable bonds is 2. The van der Waals surface area contributed by atoms with E-state index in [1.165, 1.54) is 11.3 Å². The Morgan fingerprint density at radius 3 is 2.62 bits per heavy atom. The highest BCUT2D eigenvalue weighted by molar-refractivity contribution is 5.24. The molecule has 3 heteroatoms. The second kappa shape index (κ2) is 3.50. The van der Waals surface area contributed by atoms with Crippen molar-refractivity contribution in [1.82, 2.24) is 10.2 Å². The molecule has 0 saturated heterocycles. The van der Waals surface area contributed by atoms with Gasteiger partial charge in [0.15, 0.2) is 0 Å². The van der Waals surface area contributed by atoms with Crippen molar-refractivity contribution in [3.05, 3.63) is 17.5 Å². The molecule has 0 aliphatic heterocycles. The zero-order valence-corrected chi connectivity index (χ0v) is 8.89. The van der Waals surface area contributed by atoms with Crippen LogP contribution in [0.25, 0.3) is 0 Å². The second-order valence-corrected chi connectivity index (χ2v) is 4.70. The van der Waals surface area contributed by atoms with Crippen molar-refractivity contribution in [2.24, 2.45) is 5.73 Å². The summed E-state index contributed by atoms with van der Waals surface area (Å²) in [6, 6.07) is 0.193. The molecule has 1 atom stereocenters. The molecular formula is C10H19N3. The average molecular weight is 181 g/mol. The zero-order chi connectivity index (χ0) is 10.1. The largest absolute Gasteiger partial charge is 0.328 e. The van der Waals surface area contributed by atoms with Gasteiger partial charge in [0.25, 0.3) is 0 Å². The lowest BCUT2D eigenvalue weighted by Gasteiger charge is -2.18. The first-order valence-corrected chi connectivity index (χ1v) is 4.69. The van der Waals surface area contributed by atoms with Crippen LogP contribution in [0, 0.1) is 0 Å². The predicted molar refractivity (Wildman–Crippen MR) is 54.6 cm³/mol. The van der Waals surface area contributed by atoms with Crippen LogP contribution in [0.5, 0.6) is 0 Å². The van der Waals surface area contributed by atoms with Gasteiger partial charge in [-0.2, -0.15) is 5.10 Å². The number of aromatic nitrogens is 2. The maximum Gasteiger partial charge on any atom is 0.0522 e. The van der Waals surface area contributed by atoms with Crippen LogP contribution < -0.4 is 5.73 Å². The average Bonchev–Trinajstić information content (AvgIpc) is 2.31. The van der Waals surface area contributed by atoms with Gasteiger partial charge in [-0.05, 0) is 18.9 Å². The van der Waals surface area contributed by atoms with Crippen LogP contribution in [-0.2, 0) is 11.8 Å². The summed E-state index contributed by atoms with van der Waals surface area (Å²) in [5.41, 5.74) is 8.32.